The summed E-state index contributed by atoms with van der Waals surface area (Å²) in [6, 6.07) is 13.1. The van der Waals surface area contributed by atoms with Crippen LogP contribution in [-0.2, 0) is 16.1 Å². The molecule has 0 spiro atoms. The second kappa shape index (κ2) is 7.70. The fourth-order valence-electron chi connectivity index (χ4n) is 2.17. The highest BCUT2D eigenvalue weighted by molar-refractivity contribution is 6.31. The molecule has 0 aliphatic rings. The summed E-state index contributed by atoms with van der Waals surface area (Å²) in [6.07, 6.45) is 0. The predicted octanol–water partition coefficient (Wildman–Crippen LogP) is 4.24. The van der Waals surface area contributed by atoms with Crippen LogP contribution in [0.3, 0.4) is 0 Å². The Balaban J connectivity index is 2.00. The van der Waals surface area contributed by atoms with Crippen LogP contribution in [0.5, 0.6) is 0 Å². The average Bonchev–Trinajstić information content (AvgIpc) is 2.57. The van der Waals surface area contributed by atoms with Crippen molar-refractivity contribution in [2.45, 2.75) is 34.2 Å². The van der Waals surface area contributed by atoms with E-state index in [0.29, 0.717) is 17.3 Å². The van der Waals surface area contributed by atoms with Crippen molar-refractivity contribution in [2.75, 3.05) is 5.32 Å². The van der Waals surface area contributed by atoms with Crippen LogP contribution in [-0.4, -0.2) is 11.8 Å². The summed E-state index contributed by atoms with van der Waals surface area (Å²) in [5.74, 6) is -0.711. The number of hydrogen-bond acceptors (Lipinski definition) is 2. The maximum atomic E-state index is 12.5. The van der Waals surface area contributed by atoms with Gasteiger partial charge in [0, 0.05) is 17.3 Å². The summed E-state index contributed by atoms with van der Waals surface area (Å²) in [6.45, 7) is 7.47. The molecule has 0 bridgehead atoms. The minimum Gasteiger partial charge on any atom is -0.351 e. The van der Waals surface area contributed by atoms with E-state index in [-0.39, 0.29) is 11.8 Å². The van der Waals surface area contributed by atoms with Gasteiger partial charge in [-0.25, -0.2) is 0 Å². The van der Waals surface area contributed by atoms with Gasteiger partial charge in [-0.15, -0.1) is 0 Å². The molecule has 0 fully saturated rings. The van der Waals surface area contributed by atoms with Gasteiger partial charge in [0.15, 0.2) is 0 Å². The van der Waals surface area contributed by atoms with Crippen molar-refractivity contribution in [1.82, 2.24) is 5.32 Å². The first-order valence-corrected chi connectivity index (χ1v) is 8.49. The van der Waals surface area contributed by atoms with E-state index in [1.807, 2.05) is 44.2 Å². The van der Waals surface area contributed by atoms with E-state index < -0.39 is 5.41 Å². The number of carbonyl (C=O) groups is 2. The molecule has 2 aromatic rings. The SMILES string of the molecule is Cc1ccc(CNC(=O)C(C)(C)C(=O)Nc2ccc(C)c(Cl)c2)cc1. The Bertz CT molecular complexity index is 783. The topological polar surface area (TPSA) is 58.2 Å². The van der Waals surface area contributed by atoms with Gasteiger partial charge in [-0.3, -0.25) is 9.59 Å². The van der Waals surface area contributed by atoms with Gasteiger partial charge in [-0.1, -0.05) is 47.5 Å². The minimum absolute atomic E-state index is 0.330. The van der Waals surface area contributed by atoms with Crippen molar-refractivity contribution >= 4 is 29.1 Å². The van der Waals surface area contributed by atoms with Crippen LogP contribution in [0.4, 0.5) is 5.69 Å². The zero-order valence-corrected chi connectivity index (χ0v) is 15.7. The lowest BCUT2D eigenvalue weighted by Crippen LogP contribution is -2.44. The highest BCUT2D eigenvalue weighted by Gasteiger charge is 2.36. The standard InChI is InChI=1S/C20H23ClN2O2/c1-13-5-8-15(9-6-13)12-22-18(24)20(3,4)19(25)23-16-10-7-14(2)17(21)11-16/h5-11H,12H2,1-4H3,(H,22,24)(H,23,25). The van der Waals surface area contributed by atoms with Crippen molar-refractivity contribution in [1.29, 1.82) is 0 Å². The smallest absolute Gasteiger partial charge is 0.239 e. The van der Waals surface area contributed by atoms with Crippen LogP contribution < -0.4 is 10.6 Å². The Labute approximate surface area is 153 Å². The molecule has 0 atom stereocenters. The van der Waals surface area contributed by atoms with Gasteiger partial charge in [0.25, 0.3) is 0 Å². The molecular formula is C20H23ClN2O2. The number of carbonyl (C=O) groups excluding carboxylic acids is 2. The van der Waals surface area contributed by atoms with Crippen LogP contribution in [0, 0.1) is 19.3 Å². The van der Waals surface area contributed by atoms with E-state index in [9.17, 15) is 9.59 Å². The molecule has 132 valence electrons. The molecule has 2 amide bonds. The van der Waals surface area contributed by atoms with E-state index in [1.165, 1.54) is 0 Å². The number of aryl methyl sites for hydroxylation is 2. The van der Waals surface area contributed by atoms with Crippen molar-refractivity contribution in [3.05, 3.63) is 64.2 Å². The second-order valence-corrected chi connectivity index (χ2v) is 7.12. The highest BCUT2D eigenvalue weighted by atomic mass is 35.5. The number of nitrogens with one attached hydrogen (secondary N) is 2. The van der Waals surface area contributed by atoms with Gasteiger partial charge in [0.05, 0.1) is 0 Å². The molecule has 0 aromatic heterocycles. The van der Waals surface area contributed by atoms with Crippen molar-refractivity contribution in [3.8, 4) is 0 Å². The third-order valence-corrected chi connectivity index (χ3v) is 4.55. The summed E-state index contributed by atoms with van der Waals surface area (Å²) in [5, 5.41) is 6.14. The molecule has 0 radical (unpaired) electrons. The molecule has 0 unspecified atom stereocenters. The number of benzene rings is 2. The van der Waals surface area contributed by atoms with Gasteiger partial charge < -0.3 is 10.6 Å². The molecule has 2 N–H and O–H groups in total. The number of halogens is 1. The van der Waals surface area contributed by atoms with Crippen LogP contribution in [0.2, 0.25) is 5.02 Å². The van der Waals surface area contributed by atoms with E-state index in [0.717, 1.165) is 16.7 Å². The number of rotatable bonds is 5. The maximum absolute atomic E-state index is 12.5. The van der Waals surface area contributed by atoms with E-state index >= 15 is 0 Å². The molecule has 0 aliphatic heterocycles. The van der Waals surface area contributed by atoms with Gasteiger partial charge >= 0.3 is 0 Å². The van der Waals surface area contributed by atoms with E-state index in [4.69, 9.17) is 11.6 Å². The number of hydrogen-bond donors (Lipinski definition) is 2. The van der Waals surface area contributed by atoms with Crippen molar-refractivity contribution in [2.24, 2.45) is 5.41 Å². The molecule has 4 nitrogen and oxygen atoms in total. The number of amides is 2. The van der Waals surface area contributed by atoms with Crippen LogP contribution in [0.25, 0.3) is 0 Å². The molecule has 25 heavy (non-hydrogen) atoms. The zero-order chi connectivity index (χ0) is 18.6. The summed E-state index contributed by atoms with van der Waals surface area (Å²) in [5.41, 5.74) is 2.43. The number of anilines is 1. The maximum Gasteiger partial charge on any atom is 0.239 e. The summed E-state index contributed by atoms with van der Waals surface area (Å²) in [7, 11) is 0. The Hall–Kier alpha value is -2.33. The lowest BCUT2D eigenvalue weighted by Gasteiger charge is -2.23. The van der Waals surface area contributed by atoms with Gasteiger partial charge in [-0.05, 0) is 51.0 Å². The third-order valence-electron chi connectivity index (χ3n) is 4.14. The first-order valence-electron chi connectivity index (χ1n) is 8.11. The van der Waals surface area contributed by atoms with Crippen LogP contribution in [0.1, 0.15) is 30.5 Å². The van der Waals surface area contributed by atoms with Gasteiger partial charge in [0.1, 0.15) is 5.41 Å². The fourth-order valence-corrected chi connectivity index (χ4v) is 2.35. The second-order valence-electron chi connectivity index (χ2n) is 6.71. The predicted molar refractivity (Wildman–Crippen MR) is 102 cm³/mol. The van der Waals surface area contributed by atoms with Crippen LogP contribution >= 0.6 is 11.6 Å². The molecule has 0 heterocycles. The van der Waals surface area contributed by atoms with E-state index in [2.05, 4.69) is 10.6 Å². The Morgan fingerprint density at radius 3 is 2.24 bits per heavy atom. The third kappa shape index (κ3) is 4.83. The molecule has 0 saturated carbocycles. The lowest BCUT2D eigenvalue weighted by molar-refractivity contribution is -0.138. The minimum atomic E-state index is -1.21. The summed E-state index contributed by atoms with van der Waals surface area (Å²) in [4.78, 5) is 25.0. The van der Waals surface area contributed by atoms with Crippen molar-refractivity contribution in [3.63, 3.8) is 0 Å². The average molecular weight is 359 g/mol. The van der Waals surface area contributed by atoms with E-state index in [1.54, 1.807) is 26.0 Å². The Kier molecular flexibility index (Phi) is 5.85. The lowest BCUT2D eigenvalue weighted by atomic mass is 9.90. The highest BCUT2D eigenvalue weighted by Crippen LogP contribution is 2.23. The summed E-state index contributed by atoms with van der Waals surface area (Å²) >= 11 is 6.07. The Morgan fingerprint density at radius 2 is 1.64 bits per heavy atom. The molecule has 0 aliphatic carbocycles. The molecule has 0 saturated heterocycles. The first-order chi connectivity index (χ1) is 11.7. The summed E-state index contributed by atoms with van der Waals surface area (Å²) < 4.78 is 0. The quantitative estimate of drug-likeness (QED) is 0.785. The van der Waals surface area contributed by atoms with Gasteiger partial charge in [-0.2, -0.15) is 0 Å². The van der Waals surface area contributed by atoms with Gasteiger partial charge in [0.2, 0.25) is 11.8 Å². The molecule has 2 aromatic carbocycles. The van der Waals surface area contributed by atoms with Crippen molar-refractivity contribution < 1.29 is 9.59 Å². The fraction of sp³-hybridized carbons (Fsp3) is 0.300. The molecular weight excluding hydrogens is 336 g/mol. The Morgan fingerprint density at radius 1 is 1.00 bits per heavy atom. The molecule has 2 rings (SSSR count). The first kappa shape index (κ1) is 19.0. The monoisotopic (exact) mass is 358 g/mol. The normalized spacial score (nSPS) is 11.1. The zero-order valence-electron chi connectivity index (χ0n) is 14.9. The molecule has 5 heteroatoms. The van der Waals surface area contributed by atoms with Crippen LogP contribution in [0.15, 0.2) is 42.5 Å². The largest absolute Gasteiger partial charge is 0.351 e.